The van der Waals surface area contributed by atoms with Crippen molar-refractivity contribution in [3.05, 3.63) is 0 Å². The van der Waals surface area contributed by atoms with E-state index in [0.717, 1.165) is 26.0 Å². The van der Waals surface area contributed by atoms with Gasteiger partial charge in [0.05, 0.1) is 5.60 Å². The van der Waals surface area contributed by atoms with Crippen molar-refractivity contribution >= 4 is 0 Å². The van der Waals surface area contributed by atoms with E-state index in [2.05, 4.69) is 32.8 Å². The Bertz CT molecular complexity index is 122. The standard InChI is InChI=1S/C10H24N2O/c1-5-10(2,9-11)13-8-6-7-12(3)4/h5-9,11H2,1-4H3. The van der Waals surface area contributed by atoms with Crippen molar-refractivity contribution in [1.29, 1.82) is 0 Å². The number of hydrogen-bond acceptors (Lipinski definition) is 3. The number of ether oxygens (including phenoxy) is 1. The van der Waals surface area contributed by atoms with E-state index >= 15 is 0 Å². The monoisotopic (exact) mass is 188 g/mol. The molecule has 0 amide bonds. The van der Waals surface area contributed by atoms with E-state index in [1.165, 1.54) is 0 Å². The van der Waals surface area contributed by atoms with E-state index < -0.39 is 0 Å². The fourth-order valence-electron chi connectivity index (χ4n) is 1.00. The average molecular weight is 188 g/mol. The predicted octanol–water partition coefficient (Wildman–Crippen LogP) is 1.08. The van der Waals surface area contributed by atoms with Crippen LogP contribution in [0.15, 0.2) is 0 Å². The molecule has 0 bridgehead atoms. The van der Waals surface area contributed by atoms with Crippen LogP contribution in [-0.4, -0.2) is 44.3 Å². The third-order valence-corrected chi connectivity index (χ3v) is 2.38. The lowest BCUT2D eigenvalue weighted by Gasteiger charge is -2.27. The van der Waals surface area contributed by atoms with Gasteiger partial charge in [-0.2, -0.15) is 0 Å². The van der Waals surface area contributed by atoms with Gasteiger partial charge in [0.15, 0.2) is 0 Å². The summed E-state index contributed by atoms with van der Waals surface area (Å²) in [5, 5.41) is 0. The Morgan fingerprint density at radius 2 is 2.00 bits per heavy atom. The summed E-state index contributed by atoms with van der Waals surface area (Å²) in [7, 11) is 4.14. The molecule has 0 fully saturated rings. The van der Waals surface area contributed by atoms with Gasteiger partial charge in [0.2, 0.25) is 0 Å². The molecular weight excluding hydrogens is 164 g/mol. The van der Waals surface area contributed by atoms with Crippen LogP contribution < -0.4 is 5.73 Å². The molecule has 0 aromatic carbocycles. The molecular formula is C10H24N2O. The first-order chi connectivity index (χ1) is 6.04. The van der Waals surface area contributed by atoms with Crippen LogP contribution in [-0.2, 0) is 4.74 Å². The molecule has 1 unspecified atom stereocenters. The first-order valence-electron chi connectivity index (χ1n) is 5.03. The molecule has 0 aromatic rings. The molecule has 0 spiro atoms. The third kappa shape index (κ3) is 6.02. The number of hydrogen-bond donors (Lipinski definition) is 1. The quantitative estimate of drug-likeness (QED) is 0.608. The smallest absolute Gasteiger partial charge is 0.0773 e. The second-order valence-corrected chi connectivity index (χ2v) is 4.01. The molecule has 3 heteroatoms. The van der Waals surface area contributed by atoms with Crippen LogP contribution in [0.1, 0.15) is 26.7 Å². The summed E-state index contributed by atoms with van der Waals surface area (Å²) < 4.78 is 5.73. The van der Waals surface area contributed by atoms with Crippen molar-refractivity contribution in [1.82, 2.24) is 4.90 Å². The van der Waals surface area contributed by atoms with Crippen LogP contribution in [0.5, 0.6) is 0 Å². The van der Waals surface area contributed by atoms with Gasteiger partial charge in [0.25, 0.3) is 0 Å². The van der Waals surface area contributed by atoms with Crippen molar-refractivity contribution in [2.75, 3.05) is 33.8 Å². The average Bonchev–Trinajstić information content (AvgIpc) is 2.12. The highest BCUT2D eigenvalue weighted by atomic mass is 16.5. The lowest BCUT2D eigenvalue weighted by atomic mass is 10.0. The van der Waals surface area contributed by atoms with Crippen molar-refractivity contribution in [2.45, 2.75) is 32.3 Å². The van der Waals surface area contributed by atoms with Gasteiger partial charge >= 0.3 is 0 Å². The summed E-state index contributed by atoms with van der Waals surface area (Å²) >= 11 is 0. The SMILES string of the molecule is CCC(C)(CN)OCCCN(C)C. The molecule has 0 radical (unpaired) electrons. The maximum Gasteiger partial charge on any atom is 0.0773 e. The molecule has 13 heavy (non-hydrogen) atoms. The first kappa shape index (κ1) is 12.9. The van der Waals surface area contributed by atoms with Gasteiger partial charge in [-0.05, 0) is 40.4 Å². The summed E-state index contributed by atoms with van der Waals surface area (Å²) in [4.78, 5) is 2.16. The Kier molecular flexibility index (Phi) is 6.29. The molecule has 3 nitrogen and oxygen atoms in total. The van der Waals surface area contributed by atoms with Crippen LogP contribution in [0.3, 0.4) is 0 Å². The van der Waals surface area contributed by atoms with Gasteiger partial charge in [0.1, 0.15) is 0 Å². The van der Waals surface area contributed by atoms with Crippen molar-refractivity contribution in [3.63, 3.8) is 0 Å². The zero-order valence-electron chi connectivity index (χ0n) is 9.47. The van der Waals surface area contributed by atoms with E-state index in [9.17, 15) is 0 Å². The highest BCUT2D eigenvalue weighted by Crippen LogP contribution is 2.13. The molecule has 2 N–H and O–H groups in total. The summed E-state index contributed by atoms with van der Waals surface area (Å²) in [6.45, 7) is 6.66. The summed E-state index contributed by atoms with van der Waals surface area (Å²) in [6.07, 6.45) is 2.05. The summed E-state index contributed by atoms with van der Waals surface area (Å²) in [5.74, 6) is 0. The topological polar surface area (TPSA) is 38.5 Å². The van der Waals surface area contributed by atoms with Gasteiger partial charge in [-0.1, -0.05) is 6.92 Å². The van der Waals surface area contributed by atoms with E-state index in [1.54, 1.807) is 0 Å². The molecule has 0 aliphatic heterocycles. The van der Waals surface area contributed by atoms with Gasteiger partial charge in [0, 0.05) is 13.2 Å². The van der Waals surface area contributed by atoms with Crippen LogP contribution in [0.2, 0.25) is 0 Å². The summed E-state index contributed by atoms with van der Waals surface area (Å²) in [5.41, 5.74) is 5.51. The van der Waals surface area contributed by atoms with E-state index in [-0.39, 0.29) is 5.60 Å². The maximum atomic E-state index is 5.73. The normalized spacial score (nSPS) is 16.2. The van der Waals surface area contributed by atoms with E-state index in [1.807, 2.05) is 0 Å². The van der Waals surface area contributed by atoms with Crippen LogP contribution >= 0.6 is 0 Å². The Labute approximate surface area is 82.2 Å². The molecule has 0 aromatic heterocycles. The lowest BCUT2D eigenvalue weighted by molar-refractivity contribution is -0.0297. The highest BCUT2D eigenvalue weighted by molar-refractivity contribution is 4.73. The van der Waals surface area contributed by atoms with E-state index in [0.29, 0.717) is 6.54 Å². The molecule has 80 valence electrons. The second-order valence-electron chi connectivity index (χ2n) is 4.01. The fraction of sp³-hybridized carbons (Fsp3) is 1.00. The van der Waals surface area contributed by atoms with Gasteiger partial charge < -0.3 is 15.4 Å². The van der Waals surface area contributed by atoms with Crippen molar-refractivity contribution in [3.8, 4) is 0 Å². The molecule has 0 saturated heterocycles. The van der Waals surface area contributed by atoms with E-state index in [4.69, 9.17) is 10.5 Å². The Balaban J connectivity index is 3.50. The minimum absolute atomic E-state index is 0.119. The molecule has 0 aliphatic rings. The zero-order valence-corrected chi connectivity index (χ0v) is 9.47. The second kappa shape index (κ2) is 6.35. The first-order valence-corrected chi connectivity index (χ1v) is 5.03. The minimum Gasteiger partial charge on any atom is -0.374 e. The van der Waals surface area contributed by atoms with Crippen molar-refractivity contribution in [2.24, 2.45) is 5.73 Å². The predicted molar refractivity (Wildman–Crippen MR) is 56.9 cm³/mol. The van der Waals surface area contributed by atoms with Crippen molar-refractivity contribution < 1.29 is 4.74 Å². The lowest BCUT2D eigenvalue weighted by Crippen LogP contribution is -2.37. The maximum absolute atomic E-state index is 5.73. The third-order valence-electron chi connectivity index (χ3n) is 2.38. The van der Waals surface area contributed by atoms with Gasteiger partial charge in [-0.3, -0.25) is 0 Å². The fourth-order valence-corrected chi connectivity index (χ4v) is 1.00. The molecule has 0 aliphatic carbocycles. The Morgan fingerprint density at radius 1 is 1.38 bits per heavy atom. The molecule has 1 atom stereocenters. The largest absolute Gasteiger partial charge is 0.374 e. The van der Waals surface area contributed by atoms with Crippen LogP contribution in [0, 0.1) is 0 Å². The van der Waals surface area contributed by atoms with Crippen LogP contribution in [0.4, 0.5) is 0 Å². The van der Waals surface area contributed by atoms with Gasteiger partial charge in [-0.15, -0.1) is 0 Å². The minimum atomic E-state index is -0.119. The zero-order chi connectivity index (χ0) is 10.3. The van der Waals surface area contributed by atoms with Gasteiger partial charge in [-0.25, -0.2) is 0 Å². The van der Waals surface area contributed by atoms with Crippen LogP contribution in [0.25, 0.3) is 0 Å². The number of nitrogens with two attached hydrogens (primary N) is 1. The molecule has 0 heterocycles. The molecule has 0 rings (SSSR count). The number of rotatable bonds is 7. The summed E-state index contributed by atoms with van der Waals surface area (Å²) in [6, 6.07) is 0. The highest BCUT2D eigenvalue weighted by Gasteiger charge is 2.19. The molecule has 0 saturated carbocycles. The Hall–Kier alpha value is -0.120. The number of nitrogens with zero attached hydrogens (tertiary/aromatic N) is 1. The Morgan fingerprint density at radius 3 is 2.38 bits per heavy atom.